The van der Waals surface area contributed by atoms with Crippen LogP contribution in [0.1, 0.15) is 19.4 Å². The third-order valence-corrected chi connectivity index (χ3v) is 4.66. The number of amides is 1. The molecule has 3 rings (SSSR count). The van der Waals surface area contributed by atoms with Gasteiger partial charge in [-0.15, -0.1) is 5.10 Å². The second-order valence-corrected chi connectivity index (χ2v) is 6.81. The molecular weight excluding hydrogens is 334 g/mol. The molecular formula is C18H19N5OS. The van der Waals surface area contributed by atoms with Gasteiger partial charge in [0.05, 0.1) is 5.25 Å². The summed E-state index contributed by atoms with van der Waals surface area (Å²) in [6.45, 7) is 3.94. The molecule has 0 unspecified atom stereocenters. The zero-order valence-electron chi connectivity index (χ0n) is 14.1. The quantitative estimate of drug-likeness (QED) is 0.662. The van der Waals surface area contributed by atoms with Gasteiger partial charge >= 0.3 is 0 Å². The molecule has 0 fully saturated rings. The third-order valence-electron chi connectivity index (χ3n) is 3.70. The topological polar surface area (TPSA) is 83.6 Å². The van der Waals surface area contributed by atoms with E-state index >= 15 is 0 Å². The monoisotopic (exact) mass is 353 g/mol. The van der Waals surface area contributed by atoms with Crippen LogP contribution in [0, 0.1) is 0 Å². The first-order chi connectivity index (χ1) is 12.2. The van der Waals surface area contributed by atoms with Crippen LogP contribution in [0.4, 0.5) is 5.69 Å². The van der Waals surface area contributed by atoms with E-state index in [1.807, 2.05) is 43.3 Å². The van der Waals surface area contributed by atoms with Crippen molar-refractivity contribution in [3.63, 3.8) is 0 Å². The number of aryl methyl sites for hydroxylation is 1. The number of benzene rings is 1. The molecule has 0 aliphatic heterocycles. The number of nitrogens with one attached hydrogen (secondary N) is 2. The van der Waals surface area contributed by atoms with Crippen molar-refractivity contribution in [3.05, 3.63) is 54.4 Å². The molecule has 2 N–H and O–H groups in total. The molecule has 7 heteroatoms. The van der Waals surface area contributed by atoms with Crippen LogP contribution in [0.2, 0.25) is 0 Å². The van der Waals surface area contributed by atoms with Gasteiger partial charge in [0.2, 0.25) is 11.1 Å². The highest BCUT2D eigenvalue weighted by Gasteiger charge is 2.17. The summed E-state index contributed by atoms with van der Waals surface area (Å²) in [6, 6.07) is 11.6. The van der Waals surface area contributed by atoms with Crippen LogP contribution >= 0.6 is 11.8 Å². The molecule has 0 spiro atoms. The van der Waals surface area contributed by atoms with Crippen molar-refractivity contribution in [2.75, 3.05) is 5.32 Å². The summed E-state index contributed by atoms with van der Waals surface area (Å²) in [5.41, 5.74) is 2.94. The van der Waals surface area contributed by atoms with E-state index in [-0.39, 0.29) is 11.2 Å². The maximum absolute atomic E-state index is 12.3. The Labute approximate surface area is 150 Å². The number of thioether (sulfide) groups is 1. The van der Waals surface area contributed by atoms with E-state index in [9.17, 15) is 4.79 Å². The van der Waals surface area contributed by atoms with Gasteiger partial charge < -0.3 is 5.32 Å². The number of pyridine rings is 1. The lowest BCUT2D eigenvalue weighted by Gasteiger charge is -2.10. The summed E-state index contributed by atoms with van der Waals surface area (Å²) in [5, 5.41) is 10.2. The van der Waals surface area contributed by atoms with Gasteiger partial charge in [-0.3, -0.25) is 14.9 Å². The number of H-pyrrole nitrogens is 1. The number of anilines is 1. The smallest absolute Gasteiger partial charge is 0.237 e. The SMILES string of the molecule is CCc1ccc(NC(=O)[C@@H](C)Sc2n[nH]c(-c3ccncc3)n2)cc1. The van der Waals surface area contributed by atoms with E-state index < -0.39 is 0 Å². The van der Waals surface area contributed by atoms with Crippen LogP contribution in [-0.4, -0.2) is 31.3 Å². The standard InChI is InChI=1S/C18H19N5OS/c1-3-13-4-6-15(7-5-13)20-17(24)12(2)25-18-21-16(22-23-18)14-8-10-19-11-9-14/h4-12H,3H2,1-2H3,(H,20,24)(H,21,22,23)/t12-/m1/s1. The highest BCUT2D eigenvalue weighted by atomic mass is 32.2. The highest BCUT2D eigenvalue weighted by Crippen LogP contribution is 2.23. The molecule has 128 valence electrons. The summed E-state index contributed by atoms with van der Waals surface area (Å²) in [5.74, 6) is 0.581. The Morgan fingerprint density at radius 3 is 2.60 bits per heavy atom. The van der Waals surface area contributed by atoms with Gasteiger partial charge in [-0.2, -0.15) is 0 Å². The maximum atomic E-state index is 12.3. The van der Waals surface area contributed by atoms with Crippen LogP contribution in [0.15, 0.2) is 53.9 Å². The Morgan fingerprint density at radius 2 is 1.92 bits per heavy atom. The van der Waals surface area contributed by atoms with Crippen LogP contribution in [0.25, 0.3) is 11.4 Å². The molecule has 1 amide bonds. The van der Waals surface area contributed by atoms with Crippen LogP contribution in [0.5, 0.6) is 0 Å². The Morgan fingerprint density at radius 1 is 1.20 bits per heavy atom. The number of nitrogens with zero attached hydrogens (tertiary/aromatic N) is 3. The fourth-order valence-corrected chi connectivity index (χ4v) is 2.94. The Kier molecular flexibility index (Phi) is 5.45. The number of aromatic nitrogens is 4. The number of rotatable bonds is 6. The maximum Gasteiger partial charge on any atom is 0.237 e. The number of carbonyl (C=O) groups excluding carboxylic acids is 1. The molecule has 2 heterocycles. The molecule has 3 aromatic rings. The van der Waals surface area contributed by atoms with E-state index in [4.69, 9.17) is 0 Å². The van der Waals surface area contributed by atoms with Gasteiger partial charge in [0, 0.05) is 23.6 Å². The zero-order chi connectivity index (χ0) is 17.6. The predicted octanol–water partition coefficient (Wildman–Crippen LogP) is 3.55. The van der Waals surface area contributed by atoms with Crippen molar-refractivity contribution in [3.8, 4) is 11.4 Å². The summed E-state index contributed by atoms with van der Waals surface area (Å²) in [4.78, 5) is 20.7. The summed E-state index contributed by atoms with van der Waals surface area (Å²) in [6.07, 6.45) is 4.38. The van der Waals surface area contributed by atoms with Crippen molar-refractivity contribution in [2.24, 2.45) is 0 Å². The lowest BCUT2D eigenvalue weighted by Crippen LogP contribution is -2.22. The molecule has 0 aliphatic carbocycles. The zero-order valence-corrected chi connectivity index (χ0v) is 14.9. The second kappa shape index (κ2) is 7.94. The molecule has 25 heavy (non-hydrogen) atoms. The van der Waals surface area contributed by atoms with E-state index in [1.54, 1.807) is 12.4 Å². The fraction of sp³-hybridized carbons (Fsp3) is 0.222. The van der Waals surface area contributed by atoms with Crippen molar-refractivity contribution in [1.29, 1.82) is 0 Å². The molecule has 2 aromatic heterocycles. The summed E-state index contributed by atoms with van der Waals surface area (Å²) < 4.78 is 0. The van der Waals surface area contributed by atoms with E-state index in [0.29, 0.717) is 11.0 Å². The van der Waals surface area contributed by atoms with Crippen LogP contribution in [0.3, 0.4) is 0 Å². The first-order valence-corrected chi connectivity index (χ1v) is 8.93. The van der Waals surface area contributed by atoms with Crippen LogP contribution in [-0.2, 0) is 11.2 Å². The highest BCUT2D eigenvalue weighted by molar-refractivity contribution is 8.00. The van der Waals surface area contributed by atoms with Gasteiger partial charge in [0.15, 0.2) is 5.82 Å². The molecule has 0 saturated heterocycles. The number of aromatic amines is 1. The van der Waals surface area contributed by atoms with E-state index in [1.165, 1.54) is 17.3 Å². The number of hydrogen-bond acceptors (Lipinski definition) is 5. The molecule has 1 atom stereocenters. The number of carbonyl (C=O) groups is 1. The lowest BCUT2D eigenvalue weighted by molar-refractivity contribution is -0.115. The van der Waals surface area contributed by atoms with E-state index in [2.05, 4.69) is 32.4 Å². The van der Waals surface area contributed by atoms with Gasteiger partial charge in [-0.05, 0) is 43.2 Å². The molecule has 0 radical (unpaired) electrons. The number of hydrogen-bond donors (Lipinski definition) is 2. The molecule has 0 bridgehead atoms. The molecule has 6 nitrogen and oxygen atoms in total. The minimum atomic E-state index is -0.313. The summed E-state index contributed by atoms with van der Waals surface area (Å²) >= 11 is 1.31. The Bertz CT molecular complexity index is 832. The third kappa shape index (κ3) is 4.45. The first kappa shape index (κ1) is 17.2. The second-order valence-electron chi connectivity index (χ2n) is 5.50. The van der Waals surface area contributed by atoms with Gasteiger partial charge in [-0.1, -0.05) is 30.8 Å². The lowest BCUT2D eigenvalue weighted by atomic mass is 10.1. The average Bonchev–Trinajstić information content (AvgIpc) is 3.11. The van der Waals surface area contributed by atoms with Crippen molar-refractivity contribution in [2.45, 2.75) is 30.7 Å². The largest absolute Gasteiger partial charge is 0.325 e. The fourth-order valence-electron chi connectivity index (χ4n) is 2.22. The van der Waals surface area contributed by atoms with Crippen LogP contribution < -0.4 is 5.32 Å². The average molecular weight is 353 g/mol. The van der Waals surface area contributed by atoms with Crippen molar-refractivity contribution < 1.29 is 4.79 Å². The van der Waals surface area contributed by atoms with Crippen molar-refractivity contribution >= 4 is 23.4 Å². The predicted molar refractivity (Wildman–Crippen MR) is 99.4 cm³/mol. The van der Waals surface area contributed by atoms with E-state index in [0.717, 1.165) is 17.7 Å². The minimum absolute atomic E-state index is 0.0792. The summed E-state index contributed by atoms with van der Waals surface area (Å²) in [7, 11) is 0. The Hall–Kier alpha value is -2.67. The van der Waals surface area contributed by atoms with Crippen molar-refractivity contribution in [1.82, 2.24) is 20.2 Å². The van der Waals surface area contributed by atoms with Gasteiger partial charge in [0.25, 0.3) is 0 Å². The minimum Gasteiger partial charge on any atom is -0.325 e. The normalized spacial score (nSPS) is 11.9. The molecule has 1 aromatic carbocycles. The van der Waals surface area contributed by atoms with Gasteiger partial charge in [-0.25, -0.2) is 4.98 Å². The Balaban J connectivity index is 1.60. The molecule has 0 saturated carbocycles. The van der Waals surface area contributed by atoms with Gasteiger partial charge in [0.1, 0.15) is 0 Å². The first-order valence-electron chi connectivity index (χ1n) is 8.05. The molecule has 0 aliphatic rings.